The largest absolute Gasteiger partial charge is 0.481 e. The summed E-state index contributed by atoms with van der Waals surface area (Å²) >= 11 is 0. The number of hydrogen-bond acceptors (Lipinski definition) is 4. The van der Waals surface area contributed by atoms with Crippen molar-refractivity contribution < 1.29 is 19.1 Å². The van der Waals surface area contributed by atoms with Gasteiger partial charge in [-0.25, -0.2) is 9.37 Å². The Kier molecular flexibility index (Phi) is 6.43. The number of fused-ring (bicyclic) bond motifs is 2. The van der Waals surface area contributed by atoms with Gasteiger partial charge in [0.15, 0.2) is 5.78 Å². The van der Waals surface area contributed by atoms with E-state index < -0.39 is 5.97 Å². The Morgan fingerprint density at radius 2 is 1.68 bits per heavy atom. The van der Waals surface area contributed by atoms with E-state index in [4.69, 9.17) is 0 Å². The second kappa shape index (κ2) is 10.2. The van der Waals surface area contributed by atoms with Gasteiger partial charge >= 0.3 is 5.97 Å². The minimum Gasteiger partial charge on any atom is -0.481 e. The summed E-state index contributed by atoms with van der Waals surface area (Å²) in [4.78, 5) is 33.7. The average molecular weight is 533 g/mol. The molecule has 198 valence electrons. The van der Waals surface area contributed by atoms with Crippen molar-refractivity contribution in [2.75, 3.05) is 0 Å². The van der Waals surface area contributed by atoms with Crippen LogP contribution in [0.3, 0.4) is 0 Å². The molecule has 8 heteroatoms. The lowest BCUT2D eigenvalue weighted by Crippen LogP contribution is -2.05. The molecule has 0 saturated heterocycles. The number of imidazole rings is 1. The molecule has 3 aromatic carbocycles. The molecule has 0 aliphatic carbocycles. The monoisotopic (exact) mass is 532 g/mol. The molecule has 0 saturated carbocycles. The van der Waals surface area contributed by atoms with Crippen molar-refractivity contribution in [3.05, 3.63) is 120 Å². The number of hydrogen-bond donors (Lipinski definition) is 1. The minimum atomic E-state index is -0.919. The fourth-order valence-corrected chi connectivity index (χ4v) is 5.10. The van der Waals surface area contributed by atoms with Crippen molar-refractivity contribution >= 4 is 33.7 Å². The molecule has 0 aliphatic rings. The van der Waals surface area contributed by atoms with Gasteiger partial charge in [-0.1, -0.05) is 48.5 Å². The topological polar surface area (TPSA) is 90.0 Å². The van der Waals surface area contributed by atoms with Crippen LogP contribution in [0.25, 0.3) is 33.1 Å². The molecule has 0 spiro atoms. The standard InChI is InChI=1S/C32H25FN4O3/c1-20-35-28-17-34-14-12-29(28)37(20)18-21-2-4-23(5-3-21)32(40)27-19-36(15-13-31(38)39)30-16-24(8-11-26(27)30)22-6-9-25(33)10-7-22/h2-12,14,16-17,19H,13,15,18H2,1H3,(H,38,39). The summed E-state index contributed by atoms with van der Waals surface area (Å²) in [5.41, 5.74) is 6.35. The smallest absolute Gasteiger partial charge is 0.305 e. The number of aryl methyl sites for hydroxylation is 2. The number of carbonyl (C=O) groups is 2. The van der Waals surface area contributed by atoms with Gasteiger partial charge in [-0.3, -0.25) is 14.6 Å². The zero-order valence-electron chi connectivity index (χ0n) is 21.7. The van der Waals surface area contributed by atoms with Crippen LogP contribution in [0.5, 0.6) is 0 Å². The first kappa shape index (κ1) is 25.2. The number of halogens is 1. The molecule has 6 rings (SSSR count). The van der Waals surface area contributed by atoms with Gasteiger partial charge in [0.05, 0.1) is 18.1 Å². The summed E-state index contributed by atoms with van der Waals surface area (Å²) < 4.78 is 17.4. The van der Waals surface area contributed by atoms with Crippen LogP contribution in [0.15, 0.2) is 91.4 Å². The highest BCUT2D eigenvalue weighted by Crippen LogP contribution is 2.30. The van der Waals surface area contributed by atoms with Crippen LogP contribution >= 0.6 is 0 Å². The molecular weight excluding hydrogens is 507 g/mol. The predicted octanol–water partition coefficient (Wildman–Crippen LogP) is 6.25. The molecule has 1 N–H and O–H groups in total. The van der Waals surface area contributed by atoms with E-state index in [0.717, 1.165) is 44.5 Å². The average Bonchev–Trinajstić information content (AvgIpc) is 3.49. The number of carbonyl (C=O) groups excluding carboxylic acids is 1. The summed E-state index contributed by atoms with van der Waals surface area (Å²) in [6.45, 7) is 2.79. The van der Waals surface area contributed by atoms with Crippen LogP contribution in [0.4, 0.5) is 4.39 Å². The van der Waals surface area contributed by atoms with E-state index in [1.54, 1.807) is 35.3 Å². The number of nitrogens with zero attached hydrogens (tertiary/aromatic N) is 4. The highest BCUT2D eigenvalue weighted by atomic mass is 19.1. The summed E-state index contributed by atoms with van der Waals surface area (Å²) in [7, 11) is 0. The Balaban J connectivity index is 1.32. The van der Waals surface area contributed by atoms with Crippen molar-refractivity contribution in [1.29, 1.82) is 0 Å². The fourth-order valence-electron chi connectivity index (χ4n) is 5.10. The zero-order valence-corrected chi connectivity index (χ0v) is 21.7. The van der Waals surface area contributed by atoms with Gasteiger partial charge in [0.25, 0.3) is 0 Å². The van der Waals surface area contributed by atoms with Gasteiger partial charge < -0.3 is 14.2 Å². The molecule has 7 nitrogen and oxygen atoms in total. The lowest BCUT2D eigenvalue weighted by molar-refractivity contribution is -0.137. The number of rotatable bonds is 8. The third kappa shape index (κ3) is 4.75. The molecular formula is C32H25FN4O3. The van der Waals surface area contributed by atoms with Gasteiger partial charge in [-0.2, -0.15) is 0 Å². The summed E-state index contributed by atoms with van der Waals surface area (Å²) in [6.07, 6.45) is 5.14. The van der Waals surface area contributed by atoms with Crippen LogP contribution in [-0.2, 0) is 17.9 Å². The highest BCUT2D eigenvalue weighted by Gasteiger charge is 2.18. The van der Waals surface area contributed by atoms with E-state index in [0.29, 0.717) is 17.7 Å². The van der Waals surface area contributed by atoms with Gasteiger partial charge in [-0.15, -0.1) is 0 Å². The molecule has 0 atom stereocenters. The van der Waals surface area contributed by atoms with Crippen LogP contribution < -0.4 is 0 Å². The van der Waals surface area contributed by atoms with Gasteiger partial charge in [0.2, 0.25) is 0 Å². The van der Waals surface area contributed by atoms with Crippen molar-refractivity contribution in [1.82, 2.24) is 19.1 Å². The molecule has 0 fully saturated rings. The third-order valence-corrected chi connectivity index (χ3v) is 7.17. The molecule has 0 bridgehead atoms. The number of carboxylic acid groups (broad SMARTS) is 1. The number of carboxylic acids is 1. The van der Waals surface area contributed by atoms with E-state index in [1.165, 1.54) is 12.1 Å². The van der Waals surface area contributed by atoms with Gasteiger partial charge in [-0.05, 0) is 47.9 Å². The summed E-state index contributed by atoms with van der Waals surface area (Å²) in [6, 6.07) is 21.3. The lowest BCUT2D eigenvalue weighted by atomic mass is 9.99. The maximum atomic E-state index is 13.7. The van der Waals surface area contributed by atoms with Crippen molar-refractivity contribution in [2.24, 2.45) is 0 Å². The fraction of sp³-hybridized carbons (Fsp3) is 0.125. The Morgan fingerprint density at radius 3 is 2.42 bits per heavy atom. The van der Waals surface area contributed by atoms with Crippen molar-refractivity contribution in [3.8, 4) is 11.1 Å². The van der Waals surface area contributed by atoms with Crippen LogP contribution in [0, 0.1) is 12.7 Å². The molecule has 3 aromatic heterocycles. The third-order valence-electron chi connectivity index (χ3n) is 7.17. The van der Waals surface area contributed by atoms with Crippen LogP contribution in [0.1, 0.15) is 33.7 Å². The van der Waals surface area contributed by atoms with Gasteiger partial charge in [0.1, 0.15) is 17.2 Å². The van der Waals surface area contributed by atoms with E-state index in [9.17, 15) is 19.1 Å². The Labute approximate surface area is 229 Å². The molecule has 40 heavy (non-hydrogen) atoms. The van der Waals surface area contributed by atoms with E-state index in [1.807, 2.05) is 55.5 Å². The van der Waals surface area contributed by atoms with Gasteiger partial charge in [0, 0.05) is 47.5 Å². The second-order valence-corrected chi connectivity index (χ2v) is 9.75. The first-order valence-electron chi connectivity index (χ1n) is 12.9. The normalized spacial score (nSPS) is 11.3. The molecule has 0 unspecified atom stereocenters. The van der Waals surface area contributed by atoms with Crippen molar-refractivity contribution in [2.45, 2.75) is 26.4 Å². The van der Waals surface area contributed by atoms with E-state index in [-0.39, 0.29) is 24.6 Å². The molecule has 0 radical (unpaired) electrons. The highest BCUT2D eigenvalue weighted by molar-refractivity contribution is 6.16. The summed E-state index contributed by atoms with van der Waals surface area (Å²) in [5.74, 6) is -0.496. The Hall–Kier alpha value is -5.11. The SMILES string of the molecule is Cc1nc2cnccc2n1Cc1ccc(C(=O)c2cn(CCC(=O)O)c3cc(-c4ccc(F)cc4)ccc23)cc1. The maximum absolute atomic E-state index is 13.7. The second-order valence-electron chi connectivity index (χ2n) is 9.75. The number of aliphatic carboxylic acids is 1. The quantitative estimate of drug-likeness (QED) is 0.234. The maximum Gasteiger partial charge on any atom is 0.305 e. The van der Waals surface area contributed by atoms with E-state index in [2.05, 4.69) is 14.5 Å². The molecule has 0 amide bonds. The number of pyridine rings is 1. The van der Waals surface area contributed by atoms with Crippen LogP contribution in [-0.4, -0.2) is 36.0 Å². The molecule has 3 heterocycles. The van der Waals surface area contributed by atoms with Crippen molar-refractivity contribution in [3.63, 3.8) is 0 Å². The van der Waals surface area contributed by atoms with Crippen LogP contribution in [0.2, 0.25) is 0 Å². The number of benzene rings is 3. The minimum absolute atomic E-state index is 0.0781. The predicted molar refractivity (Wildman–Crippen MR) is 151 cm³/mol. The lowest BCUT2D eigenvalue weighted by Gasteiger charge is -2.08. The Bertz CT molecular complexity index is 1890. The molecule has 6 aromatic rings. The zero-order chi connectivity index (χ0) is 27.8. The molecule has 0 aliphatic heterocycles. The van der Waals surface area contributed by atoms with E-state index >= 15 is 0 Å². The number of ketones is 1. The summed E-state index contributed by atoms with van der Waals surface area (Å²) in [5, 5.41) is 10.0. The number of aromatic nitrogens is 4. The first-order chi connectivity index (χ1) is 19.4. The Morgan fingerprint density at radius 1 is 0.925 bits per heavy atom. The first-order valence-corrected chi connectivity index (χ1v) is 12.9.